The van der Waals surface area contributed by atoms with Gasteiger partial charge in [-0.15, -0.1) is 0 Å². The van der Waals surface area contributed by atoms with E-state index in [-0.39, 0.29) is 5.91 Å². The molecule has 1 fully saturated rings. The quantitative estimate of drug-likeness (QED) is 0.740. The van der Waals surface area contributed by atoms with Crippen molar-refractivity contribution < 1.29 is 9.90 Å². The van der Waals surface area contributed by atoms with Crippen molar-refractivity contribution in [2.24, 2.45) is 0 Å². The largest absolute Gasteiger partial charge is 0.374 e. The molecule has 1 aliphatic rings. The van der Waals surface area contributed by atoms with Crippen molar-refractivity contribution in [1.82, 2.24) is 15.2 Å². The number of rotatable bonds is 2. The lowest BCUT2D eigenvalue weighted by Crippen LogP contribution is -2.52. The van der Waals surface area contributed by atoms with Crippen molar-refractivity contribution in [2.75, 3.05) is 26.2 Å². The van der Waals surface area contributed by atoms with Crippen molar-refractivity contribution >= 4 is 5.91 Å². The lowest BCUT2D eigenvalue weighted by molar-refractivity contribution is -0.151. The Morgan fingerprint density at radius 3 is 2.76 bits per heavy atom. The van der Waals surface area contributed by atoms with E-state index in [0.29, 0.717) is 18.8 Å². The highest BCUT2D eigenvalue weighted by atomic mass is 16.3. The fourth-order valence-corrected chi connectivity index (χ4v) is 1.94. The van der Waals surface area contributed by atoms with E-state index in [9.17, 15) is 9.90 Å². The van der Waals surface area contributed by atoms with Crippen LogP contribution in [0.5, 0.6) is 0 Å². The van der Waals surface area contributed by atoms with Gasteiger partial charge in [-0.2, -0.15) is 0 Å². The van der Waals surface area contributed by atoms with Crippen LogP contribution in [0.4, 0.5) is 0 Å². The van der Waals surface area contributed by atoms with E-state index >= 15 is 0 Å². The number of piperazine rings is 1. The molecule has 1 unspecified atom stereocenters. The van der Waals surface area contributed by atoms with Crippen LogP contribution in [0.1, 0.15) is 12.6 Å². The zero-order valence-corrected chi connectivity index (χ0v) is 9.89. The van der Waals surface area contributed by atoms with E-state index in [1.807, 2.05) is 0 Å². The molecule has 1 aliphatic heterocycles. The van der Waals surface area contributed by atoms with Crippen LogP contribution in [0.15, 0.2) is 24.4 Å². The molecule has 92 valence electrons. The summed E-state index contributed by atoms with van der Waals surface area (Å²) in [6.07, 6.45) is 1.58. The van der Waals surface area contributed by atoms with Gasteiger partial charge in [-0.3, -0.25) is 9.78 Å². The molecule has 2 N–H and O–H groups in total. The van der Waals surface area contributed by atoms with Gasteiger partial charge in [0.25, 0.3) is 5.91 Å². The Bertz CT molecular complexity index is 386. The minimum Gasteiger partial charge on any atom is -0.374 e. The van der Waals surface area contributed by atoms with Crippen LogP contribution < -0.4 is 5.32 Å². The number of amides is 1. The zero-order valence-electron chi connectivity index (χ0n) is 9.89. The third-order valence-corrected chi connectivity index (χ3v) is 2.98. The Morgan fingerprint density at radius 1 is 1.47 bits per heavy atom. The maximum absolute atomic E-state index is 12.2. The number of nitrogens with one attached hydrogen (secondary N) is 1. The summed E-state index contributed by atoms with van der Waals surface area (Å²) in [5.74, 6) is -0.280. The van der Waals surface area contributed by atoms with Gasteiger partial charge in [0.15, 0.2) is 5.60 Å². The molecule has 1 aromatic rings. The average Bonchev–Trinajstić information content (AvgIpc) is 2.40. The molecule has 5 heteroatoms. The Hall–Kier alpha value is -1.46. The Morgan fingerprint density at radius 2 is 2.18 bits per heavy atom. The minimum atomic E-state index is -1.54. The first-order valence-corrected chi connectivity index (χ1v) is 5.76. The van der Waals surface area contributed by atoms with Crippen molar-refractivity contribution in [3.05, 3.63) is 30.1 Å². The second-order valence-electron chi connectivity index (χ2n) is 4.33. The monoisotopic (exact) mass is 235 g/mol. The van der Waals surface area contributed by atoms with Gasteiger partial charge in [-0.05, 0) is 19.1 Å². The molecule has 5 nitrogen and oxygen atoms in total. The summed E-state index contributed by atoms with van der Waals surface area (Å²) < 4.78 is 0. The molecule has 0 radical (unpaired) electrons. The van der Waals surface area contributed by atoms with Gasteiger partial charge in [-0.25, -0.2) is 0 Å². The summed E-state index contributed by atoms with van der Waals surface area (Å²) in [4.78, 5) is 18.0. The molecule has 0 spiro atoms. The van der Waals surface area contributed by atoms with Gasteiger partial charge in [0.05, 0.1) is 5.69 Å². The molecule has 0 aromatic carbocycles. The smallest absolute Gasteiger partial charge is 0.260 e. The van der Waals surface area contributed by atoms with Crippen molar-refractivity contribution in [3.63, 3.8) is 0 Å². The van der Waals surface area contributed by atoms with Crippen LogP contribution in [-0.4, -0.2) is 47.1 Å². The first-order chi connectivity index (χ1) is 8.12. The third-order valence-electron chi connectivity index (χ3n) is 2.98. The summed E-state index contributed by atoms with van der Waals surface area (Å²) >= 11 is 0. The summed E-state index contributed by atoms with van der Waals surface area (Å²) in [6, 6.07) is 5.19. The van der Waals surface area contributed by atoms with Gasteiger partial charge in [0.2, 0.25) is 0 Å². The fraction of sp³-hybridized carbons (Fsp3) is 0.500. The second-order valence-corrected chi connectivity index (χ2v) is 4.33. The first-order valence-electron chi connectivity index (χ1n) is 5.76. The predicted octanol–water partition coefficient (Wildman–Crippen LogP) is -0.279. The Labute approximate surface area is 100 Å². The first kappa shape index (κ1) is 12.0. The molecular weight excluding hydrogens is 218 g/mol. The summed E-state index contributed by atoms with van der Waals surface area (Å²) in [5, 5.41) is 13.5. The number of pyridine rings is 1. The maximum Gasteiger partial charge on any atom is 0.260 e. The van der Waals surface area contributed by atoms with E-state index in [1.54, 1.807) is 29.3 Å². The average molecular weight is 235 g/mol. The van der Waals surface area contributed by atoms with Crippen LogP contribution in [0.3, 0.4) is 0 Å². The molecule has 17 heavy (non-hydrogen) atoms. The lowest BCUT2D eigenvalue weighted by atomic mass is 9.99. The van der Waals surface area contributed by atoms with Gasteiger partial charge in [0, 0.05) is 32.4 Å². The van der Waals surface area contributed by atoms with Gasteiger partial charge >= 0.3 is 0 Å². The summed E-state index contributed by atoms with van der Waals surface area (Å²) in [6.45, 7) is 4.29. The van der Waals surface area contributed by atoms with Gasteiger partial charge < -0.3 is 15.3 Å². The number of nitrogens with zero attached hydrogens (tertiary/aromatic N) is 2. The molecule has 0 aliphatic carbocycles. The highest BCUT2D eigenvalue weighted by Gasteiger charge is 2.37. The highest BCUT2D eigenvalue weighted by Crippen LogP contribution is 2.21. The van der Waals surface area contributed by atoms with E-state index in [1.165, 1.54) is 6.92 Å². The van der Waals surface area contributed by atoms with E-state index in [0.717, 1.165) is 13.1 Å². The fourth-order valence-electron chi connectivity index (χ4n) is 1.94. The standard InChI is InChI=1S/C12H17N3O2/c1-12(17,10-4-2-3-5-14-10)11(16)15-8-6-13-7-9-15/h2-5,13,17H,6-9H2,1H3. The summed E-state index contributed by atoms with van der Waals surface area (Å²) in [7, 11) is 0. The van der Waals surface area contributed by atoms with Crippen LogP contribution in [0, 0.1) is 0 Å². The predicted molar refractivity (Wildman–Crippen MR) is 63.3 cm³/mol. The number of hydrogen-bond acceptors (Lipinski definition) is 4. The molecule has 1 aromatic heterocycles. The molecule has 1 atom stereocenters. The zero-order chi connectivity index (χ0) is 12.3. The Kier molecular flexibility index (Phi) is 3.40. The number of aromatic nitrogens is 1. The van der Waals surface area contributed by atoms with Crippen LogP contribution in [0.2, 0.25) is 0 Å². The van der Waals surface area contributed by atoms with Crippen LogP contribution in [-0.2, 0) is 10.4 Å². The third kappa shape index (κ3) is 2.45. The minimum absolute atomic E-state index is 0.280. The SMILES string of the molecule is CC(O)(C(=O)N1CCNCC1)c1ccccn1. The number of hydrogen-bond donors (Lipinski definition) is 2. The number of aliphatic hydroxyl groups is 1. The molecule has 2 heterocycles. The number of carbonyl (C=O) groups is 1. The summed E-state index contributed by atoms with van der Waals surface area (Å²) in [5.41, 5.74) is -1.15. The van der Waals surface area contributed by atoms with Gasteiger partial charge in [0.1, 0.15) is 0 Å². The molecule has 1 amide bonds. The Balaban J connectivity index is 2.17. The molecule has 0 saturated carbocycles. The van der Waals surface area contributed by atoms with E-state index < -0.39 is 5.60 Å². The van der Waals surface area contributed by atoms with E-state index in [2.05, 4.69) is 10.3 Å². The molecule has 1 saturated heterocycles. The van der Waals surface area contributed by atoms with Crippen LogP contribution in [0.25, 0.3) is 0 Å². The lowest BCUT2D eigenvalue weighted by Gasteiger charge is -2.33. The van der Waals surface area contributed by atoms with Crippen LogP contribution >= 0.6 is 0 Å². The van der Waals surface area contributed by atoms with E-state index in [4.69, 9.17) is 0 Å². The highest BCUT2D eigenvalue weighted by molar-refractivity contribution is 5.85. The van der Waals surface area contributed by atoms with Crippen molar-refractivity contribution in [3.8, 4) is 0 Å². The normalized spacial score (nSPS) is 19.8. The maximum atomic E-state index is 12.2. The molecule has 0 bridgehead atoms. The second kappa shape index (κ2) is 4.81. The topological polar surface area (TPSA) is 65.5 Å². The molecule has 2 rings (SSSR count). The van der Waals surface area contributed by atoms with Gasteiger partial charge in [-0.1, -0.05) is 6.07 Å². The van der Waals surface area contributed by atoms with Crippen molar-refractivity contribution in [1.29, 1.82) is 0 Å². The number of carbonyl (C=O) groups excluding carboxylic acids is 1. The van der Waals surface area contributed by atoms with Crippen molar-refractivity contribution in [2.45, 2.75) is 12.5 Å². The molecular formula is C12H17N3O2.